The van der Waals surface area contributed by atoms with Crippen LogP contribution >= 0.6 is 22.9 Å². The Morgan fingerprint density at radius 3 is 2.22 bits per heavy atom. The zero-order chi connectivity index (χ0) is 38.4. The molecule has 54 heavy (non-hydrogen) atoms. The third-order valence-corrected chi connectivity index (χ3v) is 18.1. The normalized spacial score (nSPS) is 15.2. The van der Waals surface area contributed by atoms with Gasteiger partial charge in [-0.05, 0) is 46.6 Å². The number of benzene rings is 2. The van der Waals surface area contributed by atoms with Crippen LogP contribution < -0.4 is 15.1 Å². The minimum atomic E-state index is -2.98. The third-order valence-electron chi connectivity index (χ3n) is 10.0. The van der Waals surface area contributed by atoms with Crippen molar-refractivity contribution in [1.29, 1.82) is 0 Å². The molecule has 0 saturated heterocycles. The number of ether oxygens (including phenoxy) is 2. The molecule has 1 aliphatic rings. The van der Waals surface area contributed by atoms with Gasteiger partial charge in [0.1, 0.15) is 29.0 Å². The number of rotatable bonds is 12. The Hall–Kier alpha value is -3.66. The van der Waals surface area contributed by atoms with E-state index < -0.39 is 28.9 Å². The summed E-state index contributed by atoms with van der Waals surface area (Å²) >= 11 is 8.36. The average molecular weight is 806 g/mol. The lowest BCUT2D eigenvalue weighted by atomic mass is 10.0. The van der Waals surface area contributed by atoms with Crippen LogP contribution in [0.3, 0.4) is 0 Å². The van der Waals surface area contributed by atoms with Crippen molar-refractivity contribution in [2.45, 2.75) is 84.2 Å². The zero-order valence-electron chi connectivity index (χ0n) is 31.8. The average Bonchev–Trinajstić information content (AvgIpc) is 3.78. The number of alkyl halides is 2. The van der Waals surface area contributed by atoms with Crippen molar-refractivity contribution in [3.63, 3.8) is 0 Å². The van der Waals surface area contributed by atoms with Crippen LogP contribution in [0.5, 0.6) is 5.88 Å². The SMILES string of the molecule is Cc1cc(-c2c(-c3c(C(F)F)nn4c3OC[C@@H](O[Si](c3ccccc3)(c3ccccc3)C(C)(C)C)C4)n(COCC[Si](C)(C)C)c3ncccc23)c(Cl)s1. The van der Waals surface area contributed by atoms with Gasteiger partial charge in [-0.3, -0.25) is 0 Å². The van der Waals surface area contributed by atoms with Crippen molar-refractivity contribution in [2.75, 3.05) is 13.2 Å². The number of pyridine rings is 1. The smallest absolute Gasteiger partial charge is 0.282 e. The highest BCUT2D eigenvalue weighted by Crippen LogP contribution is 2.50. The van der Waals surface area contributed by atoms with Crippen molar-refractivity contribution in [3.05, 3.63) is 100.0 Å². The first-order valence-electron chi connectivity index (χ1n) is 18.3. The maximum atomic E-state index is 15.4. The molecule has 0 spiro atoms. The van der Waals surface area contributed by atoms with E-state index in [1.807, 2.05) is 66.1 Å². The molecule has 0 radical (unpaired) electrons. The van der Waals surface area contributed by atoms with Crippen molar-refractivity contribution < 1.29 is 22.7 Å². The summed E-state index contributed by atoms with van der Waals surface area (Å²) in [5.74, 6) is 0.267. The van der Waals surface area contributed by atoms with Crippen molar-refractivity contribution in [2.24, 2.45) is 0 Å². The molecule has 284 valence electrons. The molecule has 0 aliphatic carbocycles. The predicted octanol–water partition coefficient (Wildman–Crippen LogP) is 10.2. The summed E-state index contributed by atoms with van der Waals surface area (Å²) in [4.78, 5) is 5.76. The van der Waals surface area contributed by atoms with Crippen LogP contribution in [0.4, 0.5) is 8.78 Å². The van der Waals surface area contributed by atoms with E-state index >= 15 is 8.78 Å². The first-order valence-corrected chi connectivity index (χ1v) is 25.1. The van der Waals surface area contributed by atoms with Crippen LogP contribution in [0.2, 0.25) is 35.1 Å². The van der Waals surface area contributed by atoms with Gasteiger partial charge in [-0.1, -0.05) is 113 Å². The van der Waals surface area contributed by atoms with Gasteiger partial charge in [0.2, 0.25) is 5.88 Å². The van der Waals surface area contributed by atoms with E-state index in [9.17, 15) is 0 Å². The predicted molar refractivity (Wildman–Crippen MR) is 221 cm³/mol. The summed E-state index contributed by atoms with van der Waals surface area (Å²) < 4.78 is 55.1. The van der Waals surface area contributed by atoms with Crippen LogP contribution in [-0.2, 0) is 22.4 Å². The Morgan fingerprint density at radius 2 is 1.65 bits per heavy atom. The van der Waals surface area contributed by atoms with Gasteiger partial charge in [0.25, 0.3) is 14.7 Å². The molecule has 0 saturated carbocycles. The second kappa shape index (κ2) is 15.1. The number of thiophene rings is 1. The molecule has 6 aromatic rings. The van der Waals surface area contributed by atoms with Crippen molar-refractivity contribution >= 4 is 60.7 Å². The molecule has 4 aromatic heterocycles. The van der Waals surface area contributed by atoms with E-state index in [0.717, 1.165) is 32.2 Å². The second-order valence-corrected chi connectivity index (χ2v) is 27.9. The number of halogens is 3. The Bertz CT molecular complexity index is 2210. The molecule has 0 N–H and O–H groups in total. The maximum Gasteiger partial charge on any atom is 0.282 e. The number of aromatic nitrogens is 4. The van der Waals surface area contributed by atoms with E-state index in [2.05, 4.69) is 69.8 Å². The molecule has 0 bridgehead atoms. The first kappa shape index (κ1) is 38.6. The number of aryl methyl sites for hydroxylation is 1. The largest absolute Gasteiger partial charge is 0.475 e. The molecule has 0 fully saturated rings. The standard InChI is InChI=1S/C41H47ClF2N4O3SSi2/c1-27-23-32(37(42)52-27)33-31-19-14-20-45-39(31)47(26-49-21-22-53(5,6)7)36(33)34-35(38(43)44)46-48-24-28(25-50-40(34)48)51-54(41(2,3)4,29-15-10-8-11-16-29)30-17-12-9-13-18-30/h8-20,23,28,38H,21-22,24-26H2,1-7H3/t28-/m0/s1. The summed E-state index contributed by atoms with van der Waals surface area (Å²) in [5.41, 5.74) is 2.41. The van der Waals surface area contributed by atoms with Crippen molar-refractivity contribution in [1.82, 2.24) is 19.3 Å². The van der Waals surface area contributed by atoms with Crippen LogP contribution in [0.15, 0.2) is 85.1 Å². The van der Waals surface area contributed by atoms with Crippen molar-refractivity contribution in [3.8, 4) is 28.3 Å². The molecule has 7 nitrogen and oxygen atoms in total. The van der Waals surface area contributed by atoms with Gasteiger partial charge in [0.05, 0.1) is 23.9 Å². The lowest BCUT2D eigenvalue weighted by molar-refractivity contribution is 0.0663. The summed E-state index contributed by atoms with van der Waals surface area (Å²) in [5, 5.41) is 7.35. The second-order valence-electron chi connectivity index (χ2n) is 16.2. The lowest BCUT2D eigenvalue weighted by Gasteiger charge is -2.45. The Labute approximate surface area is 327 Å². The number of fused-ring (bicyclic) bond motifs is 2. The zero-order valence-corrected chi connectivity index (χ0v) is 35.4. The van der Waals surface area contributed by atoms with Gasteiger partial charge < -0.3 is 18.5 Å². The molecule has 5 heterocycles. The Balaban J connectivity index is 1.37. The van der Waals surface area contributed by atoms with Gasteiger partial charge in [-0.25, -0.2) is 18.4 Å². The molecule has 2 aromatic carbocycles. The number of nitrogens with zero attached hydrogens (tertiary/aromatic N) is 4. The highest BCUT2D eigenvalue weighted by Gasteiger charge is 2.52. The number of hydrogen-bond acceptors (Lipinski definition) is 6. The Morgan fingerprint density at radius 1 is 0.981 bits per heavy atom. The van der Waals surface area contributed by atoms with E-state index in [1.165, 1.54) is 11.3 Å². The van der Waals surface area contributed by atoms with E-state index in [-0.39, 0.29) is 42.1 Å². The lowest BCUT2D eigenvalue weighted by Crippen LogP contribution is -2.68. The molecule has 7 rings (SSSR count). The minimum Gasteiger partial charge on any atom is -0.475 e. The monoisotopic (exact) mass is 804 g/mol. The van der Waals surface area contributed by atoms with Gasteiger partial charge in [-0.2, -0.15) is 5.10 Å². The fourth-order valence-corrected chi connectivity index (χ4v) is 14.2. The molecule has 13 heteroatoms. The van der Waals surface area contributed by atoms with Gasteiger partial charge >= 0.3 is 0 Å². The Kier molecular flexibility index (Phi) is 10.8. The number of hydrogen-bond donors (Lipinski definition) is 0. The maximum absolute atomic E-state index is 15.4. The van der Waals surface area contributed by atoms with E-state index in [0.29, 0.717) is 27.8 Å². The fraction of sp³-hybridized carbons (Fsp3) is 0.366. The highest BCUT2D eigenvalue weighted by molar-refractivity contribution is 7.16. The van der Waals surface area contributed by atoms with Crippen LogP contribution in [0.25, 0.3) is 33.4 Å². The van der Waals surface area contributed by atoms with Gasteiger partial charge in [-0.15, -0.1) is 11.3 Å². The quantitative estimate of drug-likeness (QED) is 0.0911. The van der Waals surface area contributed by atoms with Gasteiger partial charge in [0, 0.05) is 42.3 Å². The first-order chi connectivity index (χ1) is 25.7. The third kappa shape index (κ3) is 7.24. The molecule has 1 atom stereocenters. The molecule has 0 unspecified atom stereocenters. The fourth-order valence-electron chi connectivity index (χ4n) is 7.56. The summed E-state index contributed by atoms with van der Waals surface area (Å²) in [7, 11) is -4.38. The van der Waals surface area contributed by atoms with E-state index in [4.69, 9.17) is 30.5 Å². The summed E-state index contributed by atoms with van der Waals surface area (Å²) in [6, 6.07) is 27.5. The minimum absolute atomic E-state index is 0.112. The molecule has 1 aliphatic heterocycles. The molecular weight excluding hydrogens is 758 g/mol. The van der Waals surface area contributed by atoms with E-state index in [1.54, 1.807) is 10.9 Å². The highest BCUT2D eigenvalue weighted by atomic mass is 35.5. The summed E-state index contributed by atoms with van der Waals surface area (Å²) in [6.07, 6.45) is -1.65. The topological polar surface area (TPSA) is 63.3 Å². The van der Waals surface area contributed by atoms with Crippen LogP contribution in [-0.4, -0.2) is 55.0 Å². The molecular formula is C41H47ClF2N4O3SSi2. The van der Waals surface area contributed by atoms with Gasteiger partial charge in [0.15, 0.2) is 0 Å². The van der Waals surface area contributed by atoms with Crippen LogP contribution in [0, 0.1) is 6.92 Å². The molecule has 0 amide bonds. The summed E-state index contributed by atoms with van der Waals surface area (Å²) in [6.45, 7) is 16.6. The van der Waals surface area contributed by atoms with Crippen LogP contribution in [0.1, 0.15) is 37.8 Å².